The van der Waals surface area contributed by atoms with Gasteiger partial charge >= 0.3 is 0 Å². The zero-order chi connectivity index (χ0) is 10.7. The lowest BCUT2D eigenvalue weighted by Gasteiger charge is -2.07. The molecule has 76 valence electrons. The second-order valence-electron chi connectivity index (χ2n) is 2.59. The summed E-state index contributed by atoms with van der Waals surface area (Å²) in [6.45, 7) is -0.266. The summed E-state index contributed by atoms with van der Waals surface area (Å²) in [5.74, 6) is 0. The number of nitrogens with one attached hydrogen (secondary N) is 1. The summed E-state index contributed by atoms with van der Waals surface area (Å²) in [7, 11) is 0. The van der Waals surface area contributed by atoms with E-state index in [4.69, 9.17) is 5.73 Å². The lowest BCUT2D eigenvalue weighted by atomic mass is 10.1. The molecule has 1 aromatic heterocycles. The summed E-state index contributed by atoms with van der Waals surface area (Å²) in [4.78, 5) is 23.5. The van der Waals surface area contributed by atoms with Gasteiger partial charge < -0.3 is 10.7 Å². The predicted molar refractivity (Wildman–Crippen MR) is 45.3 cm³/mol. The molecule has 0 aliphatic heterocycles. The number of rotatable bonds is 3. The molecule has 0 aliphatic carbocycles. The van der Waals surface area contributed by atoms with Crippen LogP contribution in [0.2, 0.25) is 0 Å². The number of hydrogen-bond acceptors (Lipinski definition) is 3. The lowest BCUT2D eigenvalue weighted by Crippen LogP contribution is -2.19. The van der Waals surface area contributed by atoms with Crippen molar-refractivity contribution < 1.29 is 13.6 Å². The van der Waals surface area contributed by atoms with Crippen molar-refractivity contribution in [2.45, 2.75) is 13.0 Å². The second kappa shape index (κ2) is 4.10. The molecule has 0 unspecified atom stereocenters. The Hall–Kier alpha value is -1.56. The Balaban J connectivity index is 3.48. The van der Waals surface area contributed by atoms with Gasteiger partial charge in [-0.1, -0.05) is 0 Å². The highest BCUT2D eigenvalue weighted by molar-refractivity contribution is 5.77. The van der Waals surface area contributed by atoms with E-state index in [2.05, 4.69) is 4.98 Å². The highest BCUT2D eigenvalue weighted by Gasteiger charge is 2.17. The molecular formula is C8H8F2N2O2. The minimum Gasteiger partial charge on any atom is -0.328 e. The number of H-pyrrole nitrogens is 1. The normalized spacial score (nSPS) is 10.6. The van der Waals surface area contributed by atoms with Gasteiger partial charge in [-0.15, -0.1) is 0 Å². The Kier molecular flexibility index (Phi) is 3.08. The zero-order valence-electron chi connectivity index (χ0n) is 7.09. The van der Waals surface area contributed by atoms with Crippen molar-refractivity contribution in [3.05, 3.63) is 33.2 Å². The maximum absolute atomic E-state index is 12.4. The summed E-state index contributed by atoms with van der Waals surface area (Å²) in [6.07, 6.45) is -1.65. The Morgan fingerprint density at radius 1 is 1.57 bits per heavy atom. The highest BCUT2D eigenvalue weighted by atomic mass is 19.3. The molecule has 0 aromatic carbocycles. The van der Waals surface area contributed by atoms with E-state index >= 15 is 0 Å². The number of nitrogens with two attached hydrogens (primary N) is 1. The van der Waals surface area contributed by atoms with Crippen LogP contribution in [0.1, 0.15) is 27.9 Å². The topological polar surface area (TPSA) is 76.0 Å². The van der Waals surface area contributed by atoms with Crippen molar-refractivity contribution in [1.82, 2.24) is 4.98 Å². The van der Waals surface area contributed by atoms with Crippen LogP contribution < -0.4 is 11.3 Å². The Bertz CT molecular complexity index is 401. The van der Waals surface area contributed by atoms with Gasteiger partial charge in [0.15, 0.2) is 6.29 Å². The van der Waals surface area contributed by atoms with Crippen LogP contribution in [0.4, 0.5) is 8.78 Å². The third-order valence-electron chi connectivity index (χ3n) is 1.83. The van der Waals surface area contributed by atoms with Gasteiger partial charge in [0.05, 0.1) is 5.56 Å². The highest BCUT2D eigenvalue weighted by Crippen LogP contribution is 2.21. The number of carbonyl (C=O) groups is 1. The number of alkyl halides is 2. The quantitative estimate of drug-likeness (QED) is 0.704. The lowest BCUT2D eigenvalue weighted by molar-refractivity contribution is 0.112. The first-order chi connectivity index (χ1) is 6.61. The SMILES string of the molecule is NCc1c(C(F)F)c[nH]c(=O)c1C=O. The van der Waals surface area contributed by atoms with Crippen LogP contribution in [-0.4, -0.2) is 11.3 Å². The number of aromatic amines is 1. The van der Waals surface area contributed by atoms with E-state index in [9.17, 15) is 18.4 Å². The van der Waals surface area contributed by atoms with Crippen LogP contribution in [0.15, 0.2) is 11.0 Å². The van der Waals surface area contributed by atoms with Crippen LogP contribution in [0.5, 0.6) is 0 Å². The molecule has 0 radical (unpaired) electrons. The third-order valence-corrected chi connectivity index (χ3v) is 1.83. The first kappa shape index (κ1) is 10.5. The van der Waals surface area contributed by atoms with Gasteiger partial charge in [-0.3, -0.25) is 9.59 Å². The predicted octanol–water partition coefficient (Wildman–Crippen LogP) is 0.584. The van der Waals surface area contributed by atoms with Crippen LogP contribution >= 0.6 is 0 Å². The molecule has 0 atom stereocenters. The fourth-order valence-electron chi connectivity index (χ4n) is 1.15. The van der Waals surface area contributed by atoms with E-state index in [1.165, 1.54) is 0 Å². The van der Waals surface area contributed by atoms with Gasteiger partial charge in [-0.05, 0) is 5.56 Å². The summed E-state index contributed by atoms with van der Waals surface area (Å²) in [5.41, 5.74) is 3.65. The van der Waals surface area contributed by atoms with Crippen molar-refractivity contribution in [1.29, 1.82) is 0 Å². The molecule has 0 amide bonds. The summed E-state index contributed by atoms with van der Waals surface area (Å²) in [5, 5.41) is 0. The van der Waals surface area contributed by atoms with E-state index < -0.39 is 17.5 Å². The molecule has 3 N–H and O–H groups in total. The van der Waals surface area contributed by atoms with Crippen LogP contribution in [0, 0.1) is 0 Å². The molecule has 0 bridgehead atoms. The number of pyridine rings is 1. The molecule has 0 fully saturated rings. The molecule has 0 aliphatic rings. The molecule has 14 heavy (non-hydrogen) atoms. The number of aromatic nitrogens is 1. The monoisotopic (exact) mass is 202 g/mol. The molecule has 0 saturated heterocycles. The molecule has 1 heterocycles. The molecule has 1 aromatic rings. The fourth-order valence-corrected chi connectivity index (χ4v) is 1.15. The van der Waals surface area contributed by atoms with Crippen molar-refractivity contribution in [2.75, 3.05) is 0 Å². The summed E-state index contributed by atoms with van der Waals surface area (Å²) in [6, 6.07) is 0. The molecular weight excluding hydrogens is 194 g/mol. The van der Waals surface area contributed by atoms with Crippen molar-refractivity contribution >= 4 is 6.29 Å². The van der Waals surface area contributed by atoms with Crippen LogP contribution in [0.25, 0.3) is 0 Å². The average molecular weight is 202 g/mol. The van der Waals surface area contributed by atoms with E-state index in [-0.39, 0.29) is 24.0 Å². The summed E-state index contributed by atoms with van der Waals surface area (Å²) < 4.78 is 24.7. The zero-order valence-corrected chi connectivity index (χ0v) is 7.09. The van der Waals surface area contributed by atoms with E-state index in [1.807, 2.05) is 0 Å². The van der Waals surface area contributed by atoms with Gasteiger partial charge in [0.25, 0.3) is 12.0 Å². The first-order valence-electron chi connectivity index (χ1n) is 3.79. The number of aldehydes is 1. The van der Waals surface area contributed by atoms with Gasteiger partial charge in [-0.25, -0.2) is 8.78 Å². The Morgan fingerprint density at radius 2 is 2.21 bits per heavy atom. The minimum absolute atomic E-state index is 0.0984. The molecule has 6 heteroatoms. The van der Waals surface area contributed by atoms with Gasteiger partial charge in [0, 0.05) is 18.3 Å². The Labute approximate surface area is 77.7 Å². The number of carbonyl (C=O) groups excluding carboxylic acids is 1. The largest absolute Gasteiger partial charge is 0.328 e. The molecule has 4 nitrogen and oxygen atoms in total. The fraction of sp³-hybridized carbons (Fsp3) is 0.250. The van der Waals surface area contributed by atoms with E-state index in [0.29, 0.717) is 0 Å². The molecule has 0 spiro atoms. The van der Waals surface area contributed by atoms with Gasteiger partial charge in [-0.2, -0.15) is 0 Å². The van der Waals surface area contributed by atoms with Crippen molar-refractivity contribution in [3.63, 3.8) is 0 Å². The van der Waals surface area contributed by atoms with Gasteiger partial charge in [0.2, 0.25) is 0 Å². The maximum atomic E-state index is 12.4. The third kappa shape index (κ3) is 1.69. The van der Waals surface area contributed by atoms with E-state index in [1.54, 1.807) is 0 Å². The maximum Gasteiger partial charge on any atom is 0.265 e. The first-order valence-corrected chi connectivity index (χ1v) is 3.79. The van der Waals surface area contributed by atoms with Gasteiger partial charge in [0.1, 0.15) is 0 Å². The summed E-state index contributed by atoms with van der Waals surface area (Å²) >= 11 is 0. The molecule has 1 rings (SSSR count). The van der Waals surface area contributed by atoms with Crippen molar-refractivity contribution in [3.8, 4) is 0 Å². The second-order valence-corrected chi connectivity index (χ2v) is 2.59. The van der Waals surface area contributed by atoms with Crippen LogP contribution in [-0.2, 0) is 6.54 Å². The molecule has 0 saturated carbocycles. The minimum atomic E-state index is -2.76. The Morgan fingerprint density at radius 3 is 2.64 bits per heavy atom. The number of hydrogen-bond donors (Lipinski definition) is 2. The number of halogens is 2. The smallest absolute Gasteiger partial charge is 0.265 e. The van der Waals surface area contributed by atoms with E-state index in [0.717, 1.165) is 6.20 Å². The standard InChI is InChI=1S/C8H8F2N2O2/c9-7(10)5-2-12-8(14)6(3-13)4(5)1-11/h2-3,7H,1,11H2,(H,12,14). The van der Waals surface area contributed by atoms with Crippen molar-refractivity contribution in [2.24, 2.45) is 5.73 Å². The average Bonchev–Trinajstić information content (AvgIpc) is 2.16. The van der Waals surface area contributed by atoms with Crippen LogP contribution in [0.3, 0.4) is 0 Å².